The highest BCUT2D eigenvalue weighted by molar-refractivity contribution is 5.93. The van der Waals surface area contributed by atoms with Gasteiger partial charge < -0.3 is 10.1 Å². The van der Waals surface area contributed by atoms with Gasteiger partial charge in [-0.1, -0.05) is 48.9 Å². The van der Waals surface area contributed by atoms with Crippen molar-refractivity contribution in [3.05, 3.63) is 64.9 Å². The molecule has 1 aromatic rings. The first-order valence-electron chi connectivity index (χ1n) is 9.71. The van der Waals surface area contributed by atoms with E-state index in [1.807, 2.05) is 0 Å². The molecule has 3 heteroatoms. The van der Waals surface area contributed by atoms with Gasteiger partial charge in [0, 0.05) is 28.1 Å². The highest BCUT2D eigenvalue weighted by atomic mass is 16.5. The summed E-state index contributed by atoms with van der Waals surface area (Å²) in [4.78, 5) is 12.8. The lowest BCUT2D eigenvalue weighted by Crippen LogP contribution is -2.47. The molecule has 3 aliphatic carbocycles. The number of esters is 1. The first kappa shape index (κ1) is 15.9. The van der Waals surface area contributed by atoms with E-state index in [4.69, 9.17) is 4.74 Å². The van der Waals surface area contributed by atoms with Gasteiger partial charge in [0.2, 0.25) is 0 Å². The van der Waals surface area contributed by atoms with Crippen molar-refractivity contribution in [2.75, 3.05) is 12.4 Å². The Morgan fingerprint density at radius 3 is 3.00 bits per heavy atom. The Hall–Kier alpha value is -2.29. The number of carbonyl (C=O) groups excluding carboxylic acids is 1. The normalized spacial score (nSPS) is 33.6. The van der Waals surface area contributed by atoms with Gasteiger partial charge in [0.25, 0.3) is 0 Å². The second-order valence-corrected chi connectivity index (χ2v) is 8.10. The fraction of sp³-hybridized carbons (Fsp3) is 0.435. The maximum Gasteiger partial charge on any atom is 0.335 e. The van der Waals surface area contributed by atoms with Crippen LogP contribution in [0.1, 0.15) is 44.6 Å². The third-order valence-corrected chi connectivity index (χ3v) is 7.22. The Morgan fingerprint density at radius 1 is 1.35 bits per heavy atom. The summed E-state index contributed by atoms with van der Waals surface area (Å²) >= 11 is 0. The maximum absolute atomic E-state index is 12.8. The molecule has 1 heterocycles. The standard InChI is InChI=1S/C23H25NO2/c1-3-22-12-7-6-8-15-11-13-23(19(15)22)17-9-4-5-10-18(17)24-20(23)16(14-22)21(25)26-2/h4-5,7-10,12,19,24H,3,6,11,13-14H2,1-2H3. The molecular formula is C23H25NO2. The minimum atomic E-state index is -0.180. The Bertz CT molecular complexity index is 893. The highest BCUT2D eigenvalue weighted by Gasteiger charge is 2.63. The molecule has 134 valence electrons. The van der Waals surface area contributed by atoms with E-state index in [0.717, 1.165) is 49.1 Å². The molecule has 0 bridgehead atoms. The van der Waals surface area contributed by atoms with Crippen molar-refractivity contribution in [3.8, 4) is 0 Å². The minimum absolute atomic E-state index is 0.00894. The predicted octanol–water partition coefficient (Wildman–Crippen LogP) is 4.87. The molecule has 0 saturated heterocycles. The number of hydrogen-bond acceptors (Lipinski definition) is 3. The van der Waals surface area contributed by atoms with Gasteiger partial charge in [-0.05, 0) is 43.7 Å². The summed E-state index contributed by atoms with van der Waals surface area (Å²) in [7, 11) is 1.50. The number of hydrogen-bond donors (Lipinski definition) is 1. The number of nitrogens with one attached hydrogen (secondary N) is 1. The topological polar surface area (TPSA) is 38.3 Å². The van der Waals surface area contributed by atoms with Crippen LogP contribution in [0.5, 0.6) is 0 Å². The number of anilines is 1. The van der Waals surface area contributed by atoms with E-state index in [1.54, 1.807) is 5.57 Å². The highest BCUT2D eigenvalue weighted by Crippen LogP contribution is 2.69. The SMILES string of the molecule is CCC12C=CCC=C3CCC4(C(=C(C(=O)OC)C1)Nc1ccccc14)C32. The van der Waals surface area contributed by atoms with Crippen LogP contribution in [0, 0.1) is 11.3 Å². The predicted molar refractivity (Wildman–Crippen MR) is 103 cm³/mol. The zero-order chi connectivity index (χ0) is 17.9. The van der Waals surface area contributed by atoms with Gasteiger partial charge in [0.05, 0.1) is 12.7 Å². The van der Waals surface area contributed by atoms with Gasteiger partial charge in [0.15, 0.2) is 0 Å². The molecule has 1 spiro atoms. The van der Waals surface area contributed by atoms with Crippen molar-refractivity contribution in [3.63, 3.8) is 0 Å². The first-order chi connectivity index (χ1) is 12.7. The van der Waals surface area contributed by atoms with Crippen molar-refractivity contribution in [1.82, 2.24) is 0 Å². The number of rotatable bonds is 2. The smallest absolute Gasteiger partial charge is 0.335 e. The monoisotopic (exact) mass is 347 g/mol. The van der Waals surface area contributed by atoms with E-state index < -0.39 is 0 Å². The lowest BCUT2D eigenvalue weighted by atomic mass is 9.53. The van der Waals surface area contributed by atoms with Gasteiger partial charge in [0.1, 0.15) is 0 Å². The number of methoxy groups -OCH3 is 1. The van der Waals surface area contributed by atoms with Crippen LogP contribution in [0.15, 0.2) is 59.3 Å². The summed E-state index contributed by atoms with van der Waals surface area (Å²) in [6.07, 6.45) is 12.1. The number of allylic oxidation sites excluding steroid dienone is 5. The quantitative estimate of drug-likeness (QED) is 0.612. The number of carbonyl (C=O) groups is 1. The Morgan fingerprint density at radius 2 is 2.19 bits per heavy atom. The molecule has 0 amide bonds. The summed E-state index contributed by atoms with van der Waals surface area (Å²) in [5.41, 5.74) is 5.92. The second kappa shape index (κ2) is 5.35. The molecule has 0 radical (unpaired) electrons. The summed E-state index contributed by atoms with van der Waals surface area (Å²) < 4.78 is 5.22. The van der Waals surface area contributed by atoms with Gasteiger partial charge in [-0.3, -0.25) is 0 Å². The molecule has 4 aliphatic rings. The third-order valence-electron chi connectivity index (χ3n) is 7.22. The van der Waals surface area contributed by atoms with Crippen LogP contribution in [0.3, 0.4) is 0 Å². The molecule has 1 saturated carbocycles. The summed E-state index contributed by atoms with van der Waals surface area (Å²) in [5, 5.41) is 3.64. The van der Waals surface area contributed by atoms with Crippen LogP contribution >= 0.6 is 0 Å². The largest absolute Gasteiger partial charge is 0.466 e. The van der Waals surface area contributed by atoms with Crippen LogP contribution < -0.4 is 5.32 Å². The van der Waals surface area contributed by atoms with Crippen LogP contribution in [0.2, 0.25) is 0 Å². The molecule has 0 aromatic heterocycles. The van der Waals surface area contributed by atoms with Crippen LogP contribution in [-0.2, 0) is 14.9 Å². The summed E-state index contributed by atoms with van der Waals surface area (Å²) in [5.74, 6) is 0.249. The zero-order valence-electron chi connectivity index (χ0n) is 15.5. The number of ether oxygens (including phenoxy) is 1. The van der Waals surface area contributed by atoms with Crippen LogP contribution in [0.25, 0.3) is 0 Å². The molecule has 5 rings (SSSR count). The van der Waals surface area contributed by atoms with E-state index in [-0.39, 0.29) is 16.8 Å². The van der Waals surface area contributed by atoms with E-state index in [9.17, 15) is 4.79 Å². The lowest BCUT2D eigenvalue weighted by Gasteiger charge is -2.50. The van der Waals surface area contributed by atoms with Crippen LogP contribution in [0.4, 0.5) is 5.69 Å². The van der Waals surface area contributed by atoms with Crippen molar-refractivity contribution in [1.29, 1.82) is 0 Å². The molecule has 1 aliphatic heterocycles. The van der Waals surface area contributed by atoms with E-state index >= 15 is 0 Å². The summed E-state index contributed by atoms with van der Waals surface area (Å²) in [6, 6.07) is 8.61. The number of fused-ring (bicyclic) bond motifs is 1. The van der Waals surface area contributed by atoms with Crippen molar-refractivity contribution < 1.29 is 9.53 Å². The van der Waals surface area contributed by atoms with Gasteiger partial charge in [-0.15, -0.1) is 0 Å². The summed E-state index contributed by atoms with van der Waals surface area (Å²) in [6.45, 7) is 2.27. The molecule has 26 heavy (non-hydrogen) atoms. The fourth-order valence-corrected chi connectivity index (χ4v) is 6.23. The third kappa shape index (κ3) is 1.76. The van der Waals surface area contributed by atoms with E-state index in [1.165, 1.54) is 12.7 Å². The number of benzene rings is 1. The average molecular weight is 347 g/mol. The van der Waals surface area contributed by atoms with E-state index in [2.05, 4.69) is 54.7 Å². The molecule has 3 nitrogen and oxygen atoms in total. The molecule has 1 aromatic carbocycles. The van der Waals surface area contributed by atoms with Crippen molar-refractivity contribution in [2.24, 2.45) is 11.3 Å². The Balaban J connectivity index is 1.86. The van der Waals surface area contributed by atoms with Gasteiger partial charge in [-0.25, -0.2) is 4.79 Å². The number of para-hydroxylation sites is 1. The Kier molecular flexibility index (Phi) is 3.28. The second-order valence-electron chi connectivity index (χ2n) is 8.10. The van der Waals surface area contributed by atoms with Crippen molar-refractivity contribution in [2.45, 2.75) is 44.4 Å². The fourth-order valence-electron chi connectivity index (χ4n) is 6.23. The molecule has 1 N–H and O–H groups in total. The lowest BCUT2D eigenvalue weighted by molar-refractivity contribution is -0.137. The molecular weight excluding hydrogens is 322 g/mol. The van der Waals surface area contributed by atoms with Gasteiger partial charge in [-0.2, -0.15) is 0 Å². The average Bonchev–Trinajstić information content (AvgIpc) is 3.16. The molecule has 1 fully saturated rings. The zero-order valence-corrected chi connectivity index (χ0v) is 15.5. The minimum Gasteiger partial charge on any atom is -0.466 e. The van der Waals surface area contributed by atoms with Crippen LogP contribution in [-0.4, -0.2) is 13.1 Å². The van der Waals surface area contributed by atoms with E-state index in [0.29, 0.717) is 5.92 Å². The van der Waals surface area contributed by atoms with Gasteiger partial charge >= 0.3 is 5.97 Å². The Labute approximate surface area is 154 Å². The van der Waals surface area contributed by atoms with Crippen molar-refractivity contribution >= 4 is 11.7 Å². The molecule has 3 atom stereocenters. The molecule has 3 unspecified atom stereocenters. The maximum atomic E-state index is 12.8. The first-order valence-corrected chi connectivity index (χ1v) is 9.71.